The van der Waals surface area contributed by atoms with E-state index in [1.54, 1.807) is 12.4 Å². The van der Waals surface area contributed by atoms with E-state index in [1.165, 1.54) is 12.1 Å². The standard InChI is InChI=1S/C18H18ClF3N4O.ClH/c19-13-3-4-15(14(8-13)18(20,21)22)25-17(27)11-26-7-6-24-10-16(26)12-2-1-5-23-9-12;/h1-5,8-9,16,24H,6-7,10-11H2,(H,25,27);1H. The van der Waals surface area contributed by atoms with Crippen LogP contribution in [0.3, 0.4) is 0 Å². The zero-order chi connectivity index (χ0) is 19.4. The number of carbonyl (C=O) groups is 1. The van der Waals surface area contributed by atoms with E-state index in [9.17, 15) is 18.0 Å². The van der Waals surface area contributed by atoms with Gasteiger partial charge in [-0.15, -0.1) is 12.4 Å². The summed E-state index contributed by atoms with van der Waals surface area (Å²) in [7, 11) is 0. The van der Waals surface area contributed by atoms with E-state index >= 15 is 0 Å². The average molecular weight is 435 g/mol. The van der Waals surface area contributed by atoms with Crippen LogP contribution in [0.15, 0.2) is 42.7 Å². The van der Waals surface area contributed by atoms with E-state index in [0.29, 0.717) is 19.6 Å². The van der Waals surface area contributed by atoms with Crippen molar-refractivity contribution in [1.82, 2.24) is 15.2 Å². The highest BCUT2D eigenvalue weighted by atomic mass is 35.5. The molecule has 0 aliphatic carbocycles. The van der Waals surface area contributed by atoms with Gasteiger partial charge in [0, 0.05) is 43.1 Å². The summed E-state index contributed by atoms with van der Waals surface area (Å²) < 4.78 is 39.6. The normalized spacial score (nSPS) is 17.6. The SMILES string of the molecule is Cl.O=C(CN1CCNCC1c1cccnc1)Nc1ccc(Cl)cc1C(F)(F)F. The Morgan fingerprint density at radius 2 is 2.14 bits per heavy atom. The number of carbonyl (C=O) groups excluding carboxylic acids is 1. The number of aromatic nitrogens is 1. The second-order valence-corrected chi connectivity index (χ2v) is 6.65. The van der Waals surface area contributed by atoms with Crippen molar-refractivity contribution in [3.63, 3.8) is 0 Å². The van der Waals surface area contributed by atoms with E-state index in [2.05, 4.69) is 15.6 Å². The molecule has 1 aliphatic rings. The zero-order valence-corrected chi connectivity index (χ0v) is 16.2. The maximum Gasteiger partial charge on any atom is 0.418 e. The monoisotopic (exact) mass is 434 g/mol. The van der Waals surface area contributed by atoms with Crippen LogP contribution in [0, 0.1) is 0 Å². The van der Waals surface area contributed by atoms with Crippen molar-refractivity contribution in [3.05, 3.63) is 58.9 Å². The molecule has 28 heavy (non-hydrogen) atoms. The Hall–Kier alpha value is -1.87. The van der Waals surface area contributed by atoms with Crippen LogP contribution in [-0.2, 0) is 11.0 Å². The minimum Gasteiger partial charge on any atom is -0.324 e. The van der Waals surface area contributed by atoms with Crippen molar-refractivity contribution in [1.29, 1.82) is 0 Å². The molecule has 0 radical (unpaired) electrons. The lowest BCUT2D eigenvalue weighted by molar-refractivity contribution is -0.137. The molecule has 2 aromatic rings. The molecule has 5 nitrogen and oxygen atoms in total. The summed E-state index contributed by atoms with van der Waals surface area (Å²) >= 11 is 5.67. The highest BCUT2D eigenvalue weighted by Crippen LogP contribution is 2.36. The van der Waals surface area contributed by atoms with Gasteiger partial charge in [0.1, 0.15) is 0 Å². The third-order valence-electron chi connectivity index (χ3n) is 4.33. The fourth-order valence-electron chi connectivity index (χ4n) is 3.07. The van der Waals surface area contributed by atoms with Gasteiger partial charge in [-0.25, -0.2) is 0 Å². The topological polar surface area (TPSA) is 57.3 Å². The molecule has 0 spiro atoms. The average Bonchev–Trinajstić information content (AvgIpc) is 2.63. The minimum absolute atomic E-state index is 0. The molecule has 1 unspecified atom stereocenters. The highest BCUT2D eigenvalue weighted by Gasteiger charge is 2.34. The third kappa shape index (κ3) is 5.57. The number of halogens is 5. The molecule has 10 heteroatoms. The first kappa shape index (κ1) is 22.4. The molecule has 1 fully saturated rings. The molecule has 1 amide bonds. The van der Waals surface area contributed by atoms with Crippen molar-refractivity contribution in [3.8, 4) is 0 Å². The van der Waals surface area contributed by atoms with Gasteiger partial charge in [0.2, 0.25) is 5.91 Å². The van der Waals surface area contributed by atoms with Gasteiger partial charge in [0.15, 0.2) is 0 Å². The van der Waals surface area contributed by atoms with E-state index < -0.39 is 17.6 Å². The van der Waals surface area contributed by atoms with Crippen LogP contribution in [-0.4, -0.2) is 42.0 Å². The highest BCUT2D eigenvalue weighted by molar-refractivity contribution is 6.30. The second kappa shape index (κ2) is 9.56. The van der Waals surface area contributed by atoms with Gasteiger partial charge in [-0.3, -0.25) is 14.7 Å². The molecule has 3 rings (SSSR count). The largest absolute Gasteiger partial charge is 0.418 e. The van der Waals surface area contributed by atoms with Crippen LogP contribution in [0.25, 0.3) is 0 Å². The minimum atomic E-state index is -4.61. The molecule has 1 atom stereocenters. The maximum absolute atomic E-state index is 13.2. The lowest BCUT2D eigenvalue weighted by Crippen LogP contribution is -2.48. The van der Waals surface area contributed by atoms with E-state index in [0.717, 1.165) is 11.6 Å². The lowest BCUT2D eigenvalue weighted by atomic mass is 10.1. The van der Waals surface area contributed by atoms with E-state index in [4.69, 9.17) is 11.6 Å². The van der Waals surface area contributed by atoms with Crippen LogP contribution in [0.4, 0.5) is 18.9 Å². The number of rotatable bonds is 4. The molecule has 2 N–H and O–H groups in total. The fraction of sp³-hybridized carbons (Fsp3) is 0.333. The Bertz CT molecular complexity index is 805. The predicted molar refractivity (Wildman–Crippen MR) is 104 cm³/mol. The first-order chi connectivity index (χ1) is 12.8. The van der Waals surface area contributed by atoms with Crippen molar-refractivity contribution >= 4 is 35.6 Å². The summed E-state index contributed by atoms with van der Waals surface area (Å²) in [6.07, 6.45) is -1.22. The molecule has 2 heterocycles. The second-order valence-electron chi connectivity index (χ2n) is 6.21. The van der Waals surface area contributed by atoms with Crippen molar-refractivity contribution in [2.75, 3.05) is 31.5 Å². The van der Waals surface area contributed by atoms with Crippen molar-refractivity contribution in [2.45, 2.75) is 12.2 Å². The third-order valence-corrected chi connectivity index (χ3v) is 4.57. The lowest BCUT2D eigenvalue weighted by Gasteiger charge is -2.35. The van der Waals surface area contributed by atoms with Crippen LogP contribution in [0.5, 0.6) is 0 Å². The van der Waals surface area contributed by atoms with Crippen LogP contribution < -0.4 is 10.6 Å². The summed E-state index contributed by atoms with van der Waals surface area (Å²) in [5.41, 5.74) is -0.322. The van der Waals surface area contributed by atoms with Gasteiger partial charge in [0.25, 0.3) is 0 Å². The number of nitrogens with zero attached hydrogens (tertiary/aromatic N) is 2. The summed E-state index contributed by atoms with van der Waals surface area (Å²) in [4.78, 5) is 18.5. The van der Waals surface area contributed by atoms with Crippen molar-refractivity contribution in [2.24, 2.45) is 0 Å². The fourth-order valence-corrected chi connectivity index (χ4v) is 3.24. The Balaban J connectivity index is 0.00000280. The molecule has 1 saturated heterocycles. The number of pyridine rings is 1. The summed E-state index contributed by atoms with van der Waals surface area (Å²) in [6.45, 7) is 1.90. The Labute approximate surface area is 171 Å². The van der Waals surface area contributed by atoms with Crippen molar-refractivity contribution < 1.29 is 18.0 Å². The molecule has 1 aromatic carbocycles. The number of amides is 1. The smallest absolute Gasteiger partial charge is 0.324 e. The Kier molecular flexibility index (Phi) is 7.65. The quantitative estimate of drug-likeness (QED) is 0.768. The molecule has 1 aromatic heterocycles. The number of benzene rings is 1. The molecule has 0 bridgehead atoms. The summed E-state index contributed by atoms with van der Waals surface area (Å²) in [6, 6.07) is 6.93. The van der Waals surface area contributed by atoms with Gasteiger partial charge in [-0.2, -0.15) is 13.2 Å². The molecular formula is C18H19Cl2F3N4O. The molecule has 0 saturated carbocycles. The summed E-state index contributed by atoms with van der Waals surface area (Å²) in [5.74, 6) is -0.515. The summed E-state index contributed by atoms with van der Waals surface area (Å²) in [5, 5.41) is 5.58. The van der Waals surface area contributed by atoms with Gasteiger partial charge < -0.3 is 10.6 Å². The molecule has 152 valence electrons. The number of alkyl halides is 3. The first-order valence-corrected chi connectivity index (χ1v) is 8.73. The number of piperazine rings is 1. The molecule has 1 aliphatic heterocycles. The van der Waals surface area contributed by atoms with Crippen LogP contribution in [0.2, 0.25) is 5.02 Å². The number of anilines is 1. The van der Waals surface area contributed by atoms with Crippen LogP contribution >= 0.6 is 24.0 Å². The van der Waals surface area contributed by atoms with Gasteiger partial charge in [-0.1, -0.05) is 17.7 Å². The Morgan fingerprint density at radius 1 is 1.36 bits per heavy atom. The maximum atomic E-state index is 13.2. The van der Waals surface area contributed by atoms with Crippen LogP contribution in [0.1, 0.15) is 17.2 Å². The zero-order valence-electron chi connectivity index (χ0n) is 14.7. The van der Waals surface area contributed by atoms with E-state index in [1.807, 2.05) is 17.0 Å². The molecular weight excluding hydrogens is 416 g/mol. The Morgan fingerprint density at radius 3 is 2.82 bits per heavy atom. The first-order valence-electron chi connectivity index (χ1n) is 8.36. The van der Waals surface area contributed by atoms with Gasteiger partial charge in [0.05, 0.1) is 17.8 Å². The van der Waals surface area contributed by atoms with Gasteiger partial charge in [-0.05, 0) is 29.8 Å². The van der Waals surface area contributed by atoms with E-state index in [-0.39, 0.29) is 35.7 Å². The van der Waals surface area contributed by atoms with Gasteiger partial charge >= 0.3 is 6.18 Å². The predicted octanol–water partition coefficient (Wildman–Crippen LogP) is 3.76. The number of nitrogens with one attached hydrogen (secondary N) is 2. The number of hydrogen-bond acceptors (Lipinski definition) is 4. The number of hydrogen-bond donors (Lipinski definition) is 2.